The predicted octanol–water partition coefficient (Wildman–Crippen LogP) is 2.59. The van der Waals surface area contributed by atoms with E-state index >= 15 is 0 Å². The third-order valence-corrected chi connectivity index (χ3v) is 3.74. The van der Waals surface area contributed by atoms with Crippen LogP contribution in [0.15, 0.2) is 61.1 Å². The summed E-state index contributed by atoms with van der Waals surface area (Å²) in [5.74, 6) is 0.814. The van der Waals surface area contributed by atoms with Crippen molar-refractivity contribution in [1.82, 2.24) is 24.9 Å². The van der Waals surface area contributed by atoms with E-state index in [9.17, 15) is 4.79 Å². The van der Waals surface area contributed by atoms with E-state index in [1.54, 1.807) is 16.9 Å². The van der Waals surface area contributed by atoms with Crippen LogP contribution >= 0.6 is 0 Å². The van der Waals surface area contributed by atoms with E-state index in [1.807, 2.05) is 53.5 Å². The van der Waals surface area contributed by atoms with Crippen LogP contribution in [0.25, 0.3) is 0 Å². The molecule has 0 saturated carbocycles. The first-order chi connectivity index (χ1) is 12.2. The normalized spacial score (nSPS) is 11.9. The van der Waals surface area contributed by atoms with Crippen LogP contribution in [0.4, 0.5) is 10.6 Å². The predicted molar refractivity (Wildman–Crippen MR) is 96.2 cm³/mol. The molecular formula is C18H22N6O. The Kier molecular flexibility index (Phi) is 5.46. The highest BCUT2D eigenvalue weighted by atomic mass is 16.2. The van der Waals surface area contributed by atoms with Crippen molar-refractivity contribution in [2.75, 3.05) is 11.9 Å². The maximum absolute atomic E-state index is 12.0. The molecule has 1 aromatic carbocycles. The zero-order chi connectivity index (χ0) is 17.5. The van der Waals surface area contributed by atoms with Gasteiger partial charge in [-0.3, -0.25) is 14.7 Å². The van der Waals surface area contributed by atoms with Gasteiger partial charge in [0.15, 0.2) is 5.82 Å². The van der Waals surface area contributed by atoms with Gasteiger partial charge in [-0.15, -0.1) is 0 Å². The molecule has 1 unspecified atom stereocenters. The Hall–Kier alpha value is -3.09. The van der Waals surface area contributed by atoms with Crippen LogP contribution < -0.4 is 10.6 Å². The van der Waals surface area contributed by atoms with Gasteiger partial charge < -0.3 is 5.32 Å². The summed E-state index contributed by atoms with van der Waals surface area (Å²) in [5.41, 5.74) is 1.16. The zero-order valence-electron chi connectivity index (χ0n) is 14.2. The van der Waals surface area contributed by atoms with Gasteiger partial charge in [0.1, 0.15) is 0 Å². The van der Waals surface area contributed by atoms with Crippen LogP contribution in [0.2, 0.25) is 0 Å². The zero-order valence-corrected chi connectivity index (χ0v) is 14.2. The van der Waals surface area contributed by atoms with Crippen molar-refractivity contribution in [2.45, 2.75) is 20.0 Å². The number of carbonyl (C=O) groups is 1. The first-order valence-electron chi connectivity index (χ1n) is 8.29. The van der Waals surface area contributed by atoms with Gasteiger partial charge in [0, 0.05) is 37.7 Å². The van der Waals surface area contributed by atoms with E-state index in [0.717, 1.165) is 12.1 Å². The Morgan fingerprint density at radius 1 is 1.12 bits per heavy atom. The minimum Gasteiger partial charge on any atom is -0.337 e. The van der Waals surface area contributed by atoms with Gasteiger partial charge in [-0.2, -0.15) is 10.2 Å². The number of benzene rings is 1. The van der Waals surface area contributed by atoms with Gasteiger partial charge in [-0.1, -0.05) is 37.3 Å². The number of anilines is 1. The van der Waals surface area contributed by atoms with Crippen molar-refractivity contribution < 1.29 is 4.79 Å². The fraction of sp³-hybridized carbons (Fsp3) is 0.278. The van der Waals surface area contributed by atoms with Crippen LogP contribution in [-0.2, 0) is 13.1 Å². The third kappa shape index (κ3) is 5.20. The van der Waals surface area contributed by atoms with Crippen molar-refractivity contribution in [3.63, 3.8) is 0 Å². The highest BCUT2D eigenvalue weighted by Gasteiger charge is 2.08. The van der Waals surface area contributed by atoms with Crippen molar-refractivity contribution in [3.8, 4) is 0 Å². The van der Waals surface area contributed by atoms with E-state index in [-0.39, 0.29) is 11.9 Å². The molecule has 7 nitrogen and oxygen atoms in total. The first-order valence-corrected chi connectivity index (χ1v) is 8.29. The number of hydrogen-bond donors (Lipinski definition) is 2. The number of rotatable bonds is 7. The number of nitrogens with one attached hydrogen (secondary N) is 2. The summed E-state index contributed by atoms with van der Waals surface area (Å²) < 4.78 is 3.65. The van der Waals surface area contributed by atoms with Crippen LogP contribution in [0, 0.1) is 5.92 Å². The molecule has 1 atom stereocenters. The SMILES string of the molecule is CC(CNC(=O)Nc1ccn(Cc2ccccc2)n1)Cn1cccn1. The number of amides is 2. The Bertz CT molecular complexity index is 781. The van der Waals surface area contributed by atoms with Gasteiger partial charge in [-0.05, 0) is 17.5 Å². The molecule has 2 N–H and O–H groups in total. The lowest BCUT2D eigenvalue weighted by molar-refractivity contribution is 0.249. The summed E-state index contributed by atoms with van der Waals surface area (Å²) in [5, 5.41) is 14.1. The molecule has 3 aromatic rings. The third-order valence-electron chi connectivity index (χ3n) is 3.74. The second kappa shape index (κ2) is 8.14. The molecule has 0 aliphatic carbocycles. The summed E-state index contributed by atoms with van der Waals surface area (Å²) >= 11 is 0. The molecule has 2 heterocycles. The largest absolute Gasteiger partial charge is 0.337 e. The van der Waals surface area contributed by atoms with Crippen molar-refractivity contribution in [1.29, 1.82) is 0 Å². The van der Waals surface area contributed by atoms with E-state index in [2.05, 4.69) is 27.8 Å². The Morgan fingerprint density at radius 3 is 2.72 bits per heavy atom. The maximum Gasteiger partial charge on any atom is 0.320 e. The van der Waals surface area contributed by atoms with Gasteiger partial charge in [0.25, 0.3) is 0 Å². The number of hydrogen-bond acceptors (Lipinski definition) is 3. The number of aromatic nitrogens is 4. The Balaban J connectivity index is 1.43. The summed E-state index contributed by atoms with van der Waals surface area (Å²) in [6.45, 7) is 4.07. The standard InChI is InChI=1S/C18H22N6O/c1-15(13-23-10-5-9-20-23)12-19-18(25)21-17-8-11-24(22-17)14-16-6-3-2-4-7-16/h2-11,15H,12-14H2,1H3,(H2,19,21,22,25). The van der Waals surface area contributed by atoms with Gasteiger partial charge in [0.2, 0.25) is 0 Å². The summed E-state index contributed by atoms with van der Waals surface area (Å²) in [6.07, 6.45) is 5.51. The molecule has 2 aromatic heterocycles. The van der Waals surface area contributed by atoms with Crippen LogP contribution in [0.1, 0.15) is 12.5 Å². The second-order valence-electron chi connectivity index (χ2n) is 6.05. The van der Waals surface area contributed by atoms with E-state index in [1.165, 1.54) is 0 Å². The molecule has 0 saturated heterocycles. The highest BCUT2D eigenvalue weighted by Crippen LogP contribution is 2.06. The lowest BCUT2D eigenvalue weighted by Gasteiger charge is -2.12. The number of nitrogens with zero attached hydrogens (tertiary/aromatic N) is 4. The molecule has 0 spiro atoms. The fourth-order valence-electron chi connectivity index (χ4n) is 2.51. The molecule has 0 fully saturated rings. The minimum absolute atomic E-state index is 0.253. The smallest absolute Gasteiger partial charge is 0.320 e. The van der Waals surface area contributed by atoms with E-state index in [4.69, 9.17) is 0 Å². The summed E-state index contributed by atoms with van der Waals surface area (Å²) in [6, 6.07) is 13.5. The monoisotopic (exact) mass is 338 g/mol. The van der Waals surface area contributed by atoms with Crippen molar-refractivity contribution in [3.05, 3.63) is 66.6 Å². The van der Waals surface area contributed by atoms with Crippen LogP contribution in [-0.4, -0.2) is 32.1 Å². The molecule has 7 heteroatoms. The molecule has 0 aliphatic heterocycles. The number of carbonyl (C=O) groups excluding carboxylic acids is 1. The molecule has 0 bridgehead atoms. The average molecular weight is 338 g/mol. The quantitative estimate of drug-likeness (QED) is 0.695. The second-order valence-corrected chi connectivity index (χ2v) is 6.05. The molecule has 0 radical (unpaired) electrons. The highest BCUT2D eigenvalue weighted by molar-refractivity contribution is 5.88. The summed E-state index contributed by atoms with van der Waals surface area (Å²) in [7, 11) is 0. The van der Waals surface area contributed by atoms with Gasteiger partial charge >= 0.3 is 6.03 Å². The molecule has 2 amide bonds. The molecular weight excluding hydrogens is 316 g/mol. The maximum atomic E-state index is 12.0. The topological polar surface area (TPSA) is 76.8 Å². The average Bonchev–Trinajstić information content (AvgIpc) is 3.26. The van der Waals surface area contributed by atoms with Crippen LogP contribution in [0.5, 0.6) is 0 Å². The van der Waals surface area contributed by atoms with Crippen molar-refractivity contribution >= 4 is 11.8 Å². The molecule has 0 aliphatic rings. The van der Waals surface area contributed by atoms with Gasteiger partial charge in [0.05, 0.1) is 6.54 Å². The fourth-order valence-corrected chi connectivity index (χ4v) is 2.51. The Morgan fingerprint density at radius 2 is 1.96 bits per heavy atom. The lowest BCUT2D eigenvalue weighted by atomic mass is 10.2. The van der Waals surface area contributed by atoms with E-state index < -0.39 is 0 Å². The van der Waals surface area contributed by atoms with E-state index in [0.29, 0.717) is 18.9 Å². The molecule has 25 heavy (non-hydrogen) atoms. The summed E-state index contributed by atoms with van der Waals surface area (Å²) in [4.78, 5) is 12.0. The molecule has 130 valence electrons. The minimum atomic E-state index is -0.253. The molecule has 3 rings (SSSR count). The van der Waals surface area contributed by atoms with Gasteiger partial charge in [-0.25, -0.2) is 4.79 Å². The van der Waals surface area contributed by atoms with Crippen LogP contribution in [0.3, 0.4) is 0 Å². The van der Waals surface area contributed by atoms with Crippen molar-refractivity contribution in [2.24, 2.45) is 5.92 Å². The lowest BCUT2D eigenvalue weighted by Crippen LogP contribution is -2.33. The Labute approximate surface area is 146 Å². The first kappa shape index (κ1) is 16.8. The number of urea groups is 1.